The number of benzene rings is 1. The second-order valence-corrected chi connectivity index (χ2v) is 9.61. The number of halogens is 1. The quantitative estimate of drug-likeness (QED) is 0.504. The Labute approximate surface area is 213 Å². The monoisotopic (exact) mass is 504 g/mol. The van der Waals surface area contributed by atoms with E-state index in [0.717, 1.165) is 11.3 Å². The van der Waals surface area contributed by atoms with Crippen molar-refractivity contribution in [3.05, 3.63) is 89.3 Å². The first-order valence-electron chi connectivity index (χ1n) is 12.3. The summed E-state index contributed by atoms with van der Waals surface area (Å²) >= 11 is 0. The summed E-state index contributed by atoms with van der Waals surface area (Å²) in [5.74, 6) is -1.05. The summed E-state index contributed by atoms with van der Waals surface area (Å²) in [6, 6.07) is 9.48. The van der Waals surface area contributed by atoms with Crippen LogP contribution in [0.25, 0.3) is 0 Å². The van der Waals surface area contributed by atoms with Gasteiger partial charge in [0.15, 0.2) is 5.69 Å². The average Bonchev–Trinajstić information content (AvgIpc) is 3.65. The van der Waals surface area contributed by atoms with E-state index in [4.69, 9.17) is 5.10 Å². The maximum atomic E-state index is 13.5. The fourth-order valence-electron chi connectivity index (χ4n) is 5.21. The molecule has 4 heterocycles. The third-order valence-electron chi connectivity index (χ3n) is 6.99. The van der Waals surface area contributed by atoms with Crippen LogP contribution in [0.15, 0.2) is 55.3 Å². The summed E-state index contributed by atoms with van der Waals surface area (Å²) in [4.78, 5) is 44.9. The largest absolute Gasteiger partial charge is 0.357 e. The molecule has 0 saturated carbocycles. The molecule has 2 atom stereocenters. The molecule has 0 spiro atoms. The van der Waals surface area contributed by atoms with Crippen LogP contribution in [0.4, 0.5) is 4.39 Å². The summed E-state index contributed by atoms with van der Waals surface area (Å²) < 4.78 is 15.2. The second-order valence-electron chi connectivity index (χ2n) is 9.61. The van der Waals surface area contributed by atoms with Crippen molar-refractivity contribution in [1.29, 1.82) is 0 Å². The normalized spacial score (nSPS) is 19.0. The Hall–Kier alpha value is -4.21. The molecule has 0 radical (unpaired) electrons. The molecule has 2 N–H and O–H groups in total. The van der Waals surface area contributed by atoms with Crippen LogP contribution in [0, 0.1) is 5.82 Å². The van der Waals surface area contributed by atoms with Crippen molar-refractivity contribution in [2.75, 3.05) is 19.6 Å². The minimum absolute atomic E-state index is 0.0793. The Bertz CT molecular complexity index is 1330. The van der Waals surface area contributed by atoms with E-state index in [1.165, 1.54) is 18.2 Å². The first-order chi connectivity index (χ1) is 17.8. The number of rotatable bonds is 6. The highest BCUT2D eigenvalue weighted by Crippen LogP contribution is 2.32. The van der Waals surface area contributed by atoms with E-state index >= 15 is 0 Å². The van der Waals surface area contributed by atoms with Crippen LogP contribution < -0.4 is 5.32 Å². The molecule has 10 heteroatoms. The number of hydrogen-bond donors (Lipinski definition) is 2. The second kappa shape index (κ2) is 10.0. The van der Waals surface area contributed by atoms with Crippen LogP contribution in [0.3, 0.4) is 0 Å². The SMILES string of the molecule is C=CC(=O)N1CC[C@@H](NC(=O)c2nn(Cc3ccc(F)cc3)c3c2CN(C(=O)c2ccc[nH]2)C[C@H]3C)C1. The molecule has 0 unspecified atom stereocenters. The van der Waals surface area contributed by atoms with Gasteiger partial charge in [-0.1, -0.05) is 25.6 Å². The van der Waals surface area contributed by atoms with Crippen LogP contribution in [0.2, 0.25) is 0 Å². The molecule has 0 bridgehead atoms. The topological polar surface area (TPSA) is 103 Å². The molecule has 2 aromatic heterocycles. The highest BCUT2D eigenvalue weighted by atomic mass is 19.1. The molecular weight excluding hydrogens is 475 g/mol. The van der Waals surface area contributed by atoms with Gasteiger partial charge in [0.05, 0.1) is 13.1 Å². The van der Waals surface area contributed by atoms with Gasteiger partial charge in [-0.3, -0.25) is 19.1 Å². The Balaban J connectivity index is 1.44. The van der Waals surface area contributed by atoms with Gasteiger partial charge in [0.25, 0.3) is 11.8 Å². The van der Waals surface area contributed by atoms with Crippen molar-refractivity contribution in [2.24, 2.45) is 0 Å². The molecule has 3 amide bonds. The van der Waals surface area contributed by atoms with E-state index in [2.05, 4.69) is 16.9 Å². The Morgan fingerprint density at radius 2 is 1.97 bits per heavy atom. The number of carbonyl (C=O) groups is 3. The molecule has 3 aromatic rings. The van der Waals surface area contributed by atoms with Crippen molar-refractivity contribution >= 4 is 17.7 Å². The minimum Gasteiger partial charge on any atom is -0.357 e. The third kappa shape index (κ3) is 4.91. The van der Waals surface area contributed by atoms with Crippen molar-refractivity contribution < 1.29 is 18.8 Å². The number of likely N-dealkylation sites (tertiary alicyclic amines) is 1. The summed E-state index contributed by atoms with van der Waals surface area (Å²) in [6.07, 6.45) is 3.61. The van der Waals surface area contributed by atoms with Gasteiger partial charge in [-0.05, 0) is 42.3 Å². The highest BCUT2D eigenvalue weighted by Gasteiger charge is 2.35. The lowest BCUT2D eigenvalue weighted by atomic mass is 9.95. The molecule has 2 aliphatic rings. The molecule has 192 valence electrons. The number of carbonyl (C=O) groups excluding carboxylic acids is 3. The fourth-order valence-corrected chi connectivity index (χ4v) is 5.21. The lowest BCUT2D eigenvalue weighted by Crippen LogP contribution is -2.40. The number of aromatic nitrogens is 3. The average molecular weight is 505 g/mol. The van der Waals surface area contributed by atoms with Gasteiger partial charge in [-0.2, -0.15) is 5.10 Å². The zero-order valence-electron chi connectivity index (χ0n) is 20.6. The number of nitrogens with one attached hydrogen (secondary N) is 2. The molecule has 37 heavy (non-hydrogen) atoms. The van der Waals surface area contributed by atoms with E-state index in [9.17, 15) is 18.8 Å². The zero-order valence-corrected chi connectivity index (χ0v) is 20.6. The van der Waals surface area contributed by atoms with E-state index in [1.54, 1.807) is 44.9 Å². The molecule has 0 aliphatic carbocycles. The lowest BCUT2D eigenvalue weighted by molar-refractivity contribution is -0.125. The van der Waals surface area contributed by atoms with Gasteiger partial charge in [0.2, 0.25) is 5.91 Å². The maximum Gasteiger partial charge on any atom is 0.272 e. The smallest absolute Gasteiger partial charge is 0.272 e. The van der Waals surface area contributed by atoms with Gasteiger partial charge in [-0.15, -0.1) is 0 Å². The van der Waals surface area contributed by atoms with Gasteiger partial charge in [0, 0.05) is 49.0 Å². The molecule has 2 aliphatic heterocycles. The number of hydrogen-bond acceptors (Lipinski definition) is 4. The first-order valence-corrected chi connectivity index (χ1v) is 12.3. The van der Waals surface area contributed by atoms with Crippen LogP contribution in [0.1, 0.15) is 57.1 Å². The highest BCUT2D eigenvalue weighted by molar-refractivity contribution is 5.96. The van der Waals surface area contributed by atoms with Gasteiger partial charge >= 0.3 is 0 Å². The maximum absolute atomic E-state index is 13.5. The van der Waals surface area contributed by atoms with E-state index in [0.29, 0.717) is 43.9 Å². The number of aromatic amines is 1. The number of H-pyrrole nitrogens is 1. The molecular formula is C27H29FN6O3. The van der Waals surface area contributed by atoms with Crippen LogP contribution in [-0.2, 0) is 17.9 Å². The summed E-state index contributed by atoms with van der Waals surface area (Å²) in [7, 11) is 0. The molecule has 5 rings (SSSR count). The molecule has 1 fully saturated rings. The van der Waals surface area contributed by atoms with Crippen molar-refractivity contribution in [3.8, 4) is 0 Å². The van der Waals surface area contributed by atoms with E-state index < -0.39 is 0 Å². The first kappa shape index (κ1) is 24.5. The predicted octanol–water partition coefficient (Wildman–Crippen LogP) is 2.67. The molecule has 9 nitrogen and oxygen atoms in total. The molecule has 1 aromatic carbocycles. The molecule has 1 saturated heterocycles. The fraction of sp³-hybridized carbons (Fsp3) is 0.333. The van der Waals surface area contributed by atoms with E-state index in [-0.39, 0.29) is 47.7 Å². The summed E-state index contributed by atoms with van der Waals surface area (Å²) in [5, 5.41) is 7.72. The van der Waals surface area contributed by atoms with Crippen molar-refractivity contribution in [1.82, 2.24) is 29.9 Å². The van der Waals surface area contributed by atoms with Crippen molar-refractivity contribution in [3.63, 3.8) is 0 Å². The standard InChI is InChI=1S/C27H29FN6O3/c1-3-23(35)32-12-10-20(15-32)30-26(36)24-21-16-33(27(37)22-5-4-11-29-22)13-17(2)25(21)34(31-24)14-18-6-8-19(28)9-7-18/h3-9,11,17,20,29H,1,10,12-16H2,2H3,(H,30,36)/t17-,20-/m1/s1. The van der Waals surface area contributed by atoms with E-state index in [1.807, 2.05) is 6.92 Å². The van der Waals surface area contributed by atoms with Gasteiger partial charge < -0.3 is 20.1 Å². The Kier molecular flexibility index (Phi) is 6.64. The predicted molar refractivity (Wildman–Crippen MR) is 134 cm³/mol. The van der Waals surface area contributed by atoms with Gasteiger partial charge in [-0.25, -0.2) is 4.39 Å². The Morgan fingerprint density at radius 1 is 1.19 bits per heavy atom. The third-order valence-corrected chi connectivity index (χ3v) is 6.99. The zero-order chi connectivity index (χ0) is 26.1. The van der Waals surface area contributed by atoms with Crippen LogP contribution in [-0.4, -0.2) is 68.0 Å². The lowest BCUT2D eigenvalue weighted by Gasteiger charge is -2.32. The number of nitrogens with zero attached hydrogens (tertiary/aromatic N) is 4. The minimum atomic E-state index is -0.339. The summed E-state index contributed by atoms with van der Waals surface area (Å²) in [5.41, 5.74) is 3.19. The Morgan fingerprint density at radius 3 is 2.68 bits per heavy atom. The number of amides is 3. The van der Waals surface area contributed by atoms with Crippen molar-refractivity contribution in [2.45, 2.75) is 38.4 Å². The van der Waals surface area contributed by atoms with Crippen LogP contribution >= 0.6 is 0 Å². The number of fused-ring (bicyclic) bond motifs is 1. The van der Waals surface area contributed by atoms with Gasteiger partial charge in [0.1, 0.15) is 11.5 Å². The van der Waals surface area contributed by atoms with Crippen LogP contribution in [0.5, 0.6) is 0 Å². The summed E-state index contributed by atoms with van der Waals surface area (Å²) in [6.45, 7) is 7.58.